The fourth-order valence-corrected chi connectivity index (χ4v) is 2.89. The van der Waals surface area contributed by atoms with Crippen LogP contribution in [0.4, 0.5) is 5.82 Å². The molecule has 3 N–H and O–H groups in total. The van der Waals surface area contributed by atoms with Crippen LogP contribution in [0.1, 0.15) is 36.0 Å². The molecule has 0 aromatic carbocycles. The molecule has 0 atom stereocenters. The maximum Gasteiger partial charge on any atom is 0.251 e. The summed E-state index contributed by atoms with van der Waals surface area (Å²) >= 11 is 0. The standard InChI is InChI=1S/C17H20N4O2/c22-16-11-12(8-10-19-16)17(23)21-14-6-4-13(5-7-14)20-15-3-1-2-9-18-15/h1-3,8-11,13-14H,4-7H2,(H,18,20)(H,19,22)(H,21,23). The van der Waals surface area contributed by atoms with Gasteiger partial charge in [-0.2, -0.15) is 0 Å². The zero-order valence-electron chi connectivity index (χ0n) is 12.8. The first-order valence-electron chi connectivity index (χ1n) is 7.88. The van der Waals surface area contributed by atoms with Gasteiger partial charge in [0.2, 0.25) is 5.56 Å². The minimum atomic E-state index is -0.263. The predicted octanol–water partition coefficient (Wildman–Crippen LogP) is 1.92. The van der Waals surface area contributed by atoms with E-state index in [0.717, 1.165) is 31.5 Å². The first-order valence-corrected chi connectivity index (χ1v) is 7.88. The molecule has 1 saturated carbocycles. The highest BCUT2D eigenvalue weighted by Crippen LogP contribution is 2.21. The van der Waals surface area contributed by atoms with Crippen LogP contribution in [-0.2, 0) is 0 Å². The first-order chi connectivity index (χ1) is 11.2. The molecule has 2 aromatic rings. The molecule has 23 heavy (non-hydrogen) atoms. The van der Waals surface area contributed by atoms with Crippen LogP contribution in [0.5, 0.6) is 0 Å². The summed E-state index contributed by atoms with van der Waals surface area (Å²) in [6.07, 6.45) is 7.06. The van der Waals surface area contributed by atoms with Gasteiger partial charge in [-0.3, -0.25) is 9.59 Å². The molecular formula is C17H20N4O2. The van der Waals surface area contributed by atoms with Crippen molar-refractivity contribution in [1.29, 1.82) is 0 Å². The third-order valence-electron chi connectivity index (χ3n) is 4.12. The summed E-state index contributed by atoms with van der Waals surface area (Å²) in [6, 6.07) is 9.30. The lowest BCUT2D eigenvalue weighted by atomic mass is 9.91. The van der Waals surface area contributed by atoms with Crippen molar-refractivity contribution < 1.29 is 4.79 Å². The Hall–Kier alpha value is -2.63. The number of H-pyrrole nitrogens is 1. The second-order valence-corrected chi connectivity index (χ2v) is 5.82. The molecule has 0 aliphatic heterocycles. The average Bonchev–Trinajstić information content (AvgIpc) is 2.57. The predicted molar refractivity (Wildman–Crippen MR) is 88.4 cm³/mol. The van der Waals surface area contributed by atoms with E-state index in [1.807, 2.05) is 18.2 Å². The van der Waals surface area contributed by atoms with Gasteiger partial charge >= 0.3 is 0 Å². The Labute approximate surface area is 134 Å². The summed E-state index contributed by atoms with van der Waals surface area (Å²) in [7, 11) is 0. The number of hydrogen-bond donors (Lipinski definition) is 3. The number of nitrogens with one attached hydrogen (secondary N) is 3. The van der Waals surface area contributed by atoms with Crippen LogP contribution < -0.4 is 16.2 Å². The van der Waals surface area contributed by atoms with E-state index in [0.29, 0.717) is 11.6 Å². The normalized spacial score (nSPS) is 20.7. The van der Waals surface area contributed by atoms with Gasteiger partial charge in [-0.05, 0) is 43.9 Å². The second kappa shape index (κ2) is 7.09. The van der Waals surface area contributed by atoms with Crippen LogP contribution in [-0.4, -0.2) is 28.0 Å². The number of carbonyl (C=O) groups is 1. The average molecular weight is 312 g/mol. The van der Waals surface area contributed by atoms with Crippen molar-refractivity contribution in [2.24, 2.45) is 0 Å². The Morgan fingerprint density at radius 2 is 1.91 bits per heavy atom. The Morgan fingerprint density at radius 1 is 1.13 bits per heavy atom. The Balaban J connectivity index is 1.49. The molecule has 0 saturated heterocycles. The van der Waals surface area contributed by atoms with Crippen molar-refractivity contribution in [1.82, 2.24) is 15.3 Å². The van der Waals surface area contributed by atoms with Crippen molar-refractivity contribution in [3.63, 3.8) is 0 Å². The molecular weight excluding hydrogens is 292 g/mol. The second-order valence-electron chi connectivity index (χ2n) is 5.82. The fraction of sp³-hybridized carbons (Fsp3) is 0.353. The number of pyridine rings is 2. The van der Waals surface area contributed by atoms with E-state index >= 15 is 0 Å². The molecule has 1 amide bonds. The lowest BCUT2D eigenvalue weighted by Gasteiger charge is -2.30. The lowest BCUT2D eigenvalue weighted by molar-refractivity contribution is 0.0926. The summed E-state index contributed by atoms with van der Waals surface area (Å²) in [6.45, 7) is 0. The molecule has 0 radical (unpaired) electrons. The molecule has 6 heteroatoms. The third-order valence-corrected chi connectivity index (χ3v) is 4.12. The van der Waals surface area contributed by atoms with Crippen molar-refractivity contribution in [3.8, 4) is 0 Å². The quantitative estimate of drug-likeness (QED) is 0.805. The monoisotopic (exact) mass is 312 g/mol. The van der Waals surface area contributed by atoms with Gasteiger partial charge in [0.25, 0.3) is 5.91 Å². The van der Waals surface area contributed by atoms with E-state index in [9.17, 15) is 9.59 Å². The SMILES string of the molecule is O=C(NC1CCC(Nc2ccccn2)CC1)c1cc[nH]c(=O)c1. The van der Waals surface area contributed by atoms with Crippen LogP contribution in [0.25, 0.3) is 0 Å². The number of nitrogens with zero attached hydrogens (tertiary/aromatic N) is 1. The van der Waals surface area contributed by atoms with Crippen molar-refractivity contribution in [2.45, 2.75) is 37.8 Å². The molecule has 120 valence electrons. The summed E-state index contributed by atoms with van der Waals surface area (Å²) in [5.74, 6) is 0.709. The van der Waals surface area contributed by atoms with Gasteiger partial charge in [-0.15, -0.1) is 0 Å². The highest BCUT2D eigenvalue weighted by Gasteiger charge is 2.23. The van der Waals surface area contributed by atoms with Gasteiger partial charge in [-0.1, -0.05) is 6.07 Å². The number of rotatable bonds is 4. The molecule has 1 aliphatic carbocycles. The first kappa shape index (κ1) is 15.3. The van der Waals surface area contributed by atoms with E-state index in [2.05, 4.69) is 20.6 Å². The summed E-state index contributed by atoms with van der Waals surface area (Å²) < 4.78 is 0. The van der Waals surface area contributed by atoms with Crippen molar-refractivity contribution in [3.05, 3.63) is 58.6 Å². The molecule has 0 unspecified atom stereocenters. The number of hydrogen-bond acceptors (Lipinski definition) is 4. The van der Waals surface area contributed by atoms with Gasteiger partial charge < -0.3 is 15.6 Å². The summed E-state index contributed by atoms with van der Waals surface area (Å²) in [4.78, 5) is 30.2. The minimum absolute atomic E-state index is 0.156. The third kappa shape index (κ3) is 4.18. The number of aromatic nitrogens is 2. The summed E-state index contributed by atoms with van der Waals surface area (Å²) in [5.41, 5.74) is 0.142. The van der Waals surface area contributed by atoms with Crippen LogP contribution in [0.15, 0.2) is 47.5 Å². The number of anilines is 1. The molecule has 2 heterocycles. The van der Waals surface area contributed by atoms with E-state index in [1.165, 1.54) is 12.3 Å². The maximum absolute atomic E-state index is 12.1. The van der Waals surface area contributed by atoms with Gasteiger partial charge in [0.05, 0.1) is 0 Å². The van der Waals surface area contributed by atoms with Crippen LogP contribution >= 0.6 is 0 Å². The van der Waals surface area contributed by atoms with E-state index in [4.69, 9.17) is 0 Å². The van der Waals surface area contributed by atoms with Gasteiger partial charge in [0.1, 0.15) is 5.82 Å². The van der Waals surface area contributed by atoms with Crippen molar-refractivity contribution in [2.75, 3.05) is 5.32 Å². The fourth-order valence-electron chi connectivity index (χ4n) is 2.89. The maximum atomic E-state index is 12.1. The highest BCUT2D eigenvalue weighted by atomic mass is 16.2. The van der Waals surface area contributed by atoms with E-state index in [-0.39, 0.29) is 17.5 Å². The molecule has 0 bridgehead atoms. The Morgan fingerprint density at radius 3 is 2.61 bits per heavy atom. The number of amides is 1. The minimum Gasteiger partial charge on any atom is -0.367 e. The molecule has 2 aromatic heterocycles. The zero-order valence-corrected chi connectivity index (χ0v) is 12.8. The number of aromatic amines is 1. The van der Waals surface area contributed by atoms with Crippen LogP contribution in [0, 0.1) is 0 Å². The number of carbonyl (C=O) groups excluding carboxylic acids is 1. The molecule has 3 rings (SSSR count). The Bertz CT molecular complexity index is 706. The largest absolute Gasteiger partial charge is 0.367 e. The molecule has 0 spiro atoms. The van der Waals surface area contributed by atoms with E-state index < -0.39 is 0 Å². The molecule has 1 aliphatic rings. The summed E-state index contributed by atoms with van der Waals surface area (Å²) in [5, 5.41) is 6.44. The Kier molecular flexibility index (Phi) is 4.71. The van der Waals surface area contributed by atoms with Gasteiger partial charge in [0.15, 0.2) is 0 Å². The smallest absolute Gasteiger partial charge is 0.251 e. The lowest BCUT2D eigenvalue weighted by Crippen LogP contribution is -2.40. The van der Waals surface area contributed by atoms with Crippen LogP contribution in [0.3, 0.4) is 0 Å². The topological polar surface area (TPSA) is 86.9 Å². The molecule has 1 fully saturated rings. The highest BCUT2D eigenvalue weighted by molar-refractivity contribution is 5.94. The van der Waals surface area contributed by atoms with Gasteiger partial charge in [0, 0.05) is 36.1 Å². The zero-order chi connectivity index (χ0) is 16.1. The molecule has 6 nitrogen and oxygen atoms in total. The van der Waals surface area contributed by atoms with Crippen molar-refractivity contribution >= 4 is 11.7 Å². The van der Waals surface area contributed by atoms with Crippen LogP contribution in [0.2, 0.25) is 0 Å². The van der Waals surface area contributed by atoms with E-state index in [1.54, 1.807) is 12.3 Å². The van der Waals surface area contributed by atoms with Gasteiger partial charge in [-0.25, -0.2) is 4.98 Å².